The van der Waals surface area contributed by atoms with Gasteiger partial charge in [0, 0.05) is 13.2 Å². The molecule has 1 fully saturated rings. The summed E-state index contributed by atoms with van der Waals surface area (Å²) in [5.74, 6) is 1.48. The van der Waals surface area contributed by atoms with Crippen LogP contribution in [0.4, 0.5) is 0 Å². The van der Waals surface area contributed by atoms with Crippen molar-refractivity contribution in [1.82, 2.24) is 14.8 Å². The third-order valence-electron chi connectivity index (χ3n) is 4.33. The highest BCUT2D eigenvalue weighted by Gasteiger charge is 2.42. The van der Waals surface area contributed by atoms with E-state index < -0.39 is 5.60 Å². The van der Waals surface area contributed by atoms with Gasteiger partial charge in [-0.15, -0.1) is 0 Å². The molecule has 0 bridgehead atoms. The molecule has 5 nitrogen and oxygen atoms in total. The van der Waals surface area contributed by atoms with E-state index in [0.717, 1.165) is 38.1 Å². The first-order valence-electron chi connectivity index (χ1n) is 8.15. The fourth-order valence-corrected chi connectivity index (χ4v) is 3.37. The molecule has 0 spiro atoms. The van der Waals surface area contributed by atoms with E-state index in [1.54, 1.807) is 0 Å². The first-order chi connectivity index (χ1) is 10.1. The van der Waals surface area contributed by atoms with Gasteiger partial charge in [0.2, 0.25) is 0 Å². The van der Waals surface area contributed by atoms with Crippen molar-refractivity contribution in [2.75, 3.05) is 6.61 Å². The predicted octanol–water partition coefficient (Wildman–Crippen LogP) is 2.79. The van der Waals surface area contributed by atoms with E-state index in [1.165, 1.54) is 12.7 Å². The van der Waals surface area contributed by atoms with E-state index in [4.69, 9.17) is 4.74 Å². The lowest BCUT2D eigenvalue weighted by molar-refractivity contribution is -0.150. The molecule has 0 radical (unpaired) electrons. The third kappa shape index (κ3) is 3.70. The zero-order chi connectivity index (χ0) is 15.3. The summed E-state index contributed by atoms with van der Waals surface area (Å²) < 4.78 is 7.78. The zero-order valence-electron chi connectivity index (χ0n) is 13.5. The summed E-state index contributed by atoms with van der Waals surface area (Å²) in [4.78, 5) is 17.1. The Morgan fingerprint density at radius 2 is 2.33 bits per heavy atom. The van der Waals surface area contributed by atoms with E-state index in [2.05, 4.69) is 23.9 Å². The minimum absolute atomic E-state index is 0.168. The Morgan fingerprint density at radius 3 is 3.00 bits per heavy atom. The molecule has 2 atom stereocenters. The first-order valence-corrected chi connectivity index (χ1v) is 8.15. The molecule has 1 aliphatic rings. The molecule has 5 heteroatoms. The number of rotatable bonds is 7. The van der Waals surface area contributed by atoms with Crippen molar-refractivity contribution in [2.45, 2.75) is 71.4 Å². The molecule has 21 heavy (non-hydrogen) atoms. The average molecular weight is 293 g/mol. The maximum atomic E-state index is 12.9. The van der Waals surface area contributed by atoms with Crippen LogP contribution in [0, 0.1) is 5.92 Å². The number of carbonyl (C=O) groups is 1. The van der Waals surface area contributed by atoms with Gasteiger partial charge in [0.25, 0.3) is 0 Å². The van der Waals surface area contributed by atoms with Crippen LogP contribution >= 0.6 is 0 Å². The van der Waals surface area contributed by atoms with E-state index in [1.807, 2.05) is 11.6 Å². The summed E-state index contributed by atoms with van der Waals surface area (Å²) in [5.41, 5.74) is -0.602. The summed E-state index contributed by atoms with van der Waals surface area (Å²) in [6.07, 6.45) is 6.77. The van der Waals surface area contributed by atoms with Gasteiger partial charge in [-0.05, 0) is 38.5 Å². The number of ether oxygens (including phenoxy) is 1. The summed E-state index contributed by atoms with van der Waals surface area (Å²) >= 11 is 0. The number of aromatic nitrogens is 3. The molecule has 2 unspecified atom stereocenters. The van der Waals surface area contributed by atoms with E-state index in [0.29, 0.717) is 18.9 Å². The topological polar surface area (TPSA) is 57.0 Å². The molecule has 0 aliphatic heterocycles. The maximum absolute atomic E-state index is 12.9. The van der Waals surface area contributed by atoms with Gasteiger partial charge in [-0.3, -0.25) is 4.79 Å². The van der Waals surface area contributed by atoms with Gasteiger partial charge in [0.05, 0.1) is 6.42 Å². The SMILES string of the molecule is CCCn1ncnc1CC(=O)C1(OCC)CCCC(C)C1. The van der Waals surface area contributed by atoms with Crippen LogP contribution in [0.5, 0.6) is 0 Å². The van der Waals surface area contributed by atoms with Crippen LogP contribution < -0.4 is 0 Å². The highest BCUT2D eigenvalue weighted by atomic mass is 16.5. The number of ketones is 1. The van der Waals surface area contributed by atoms with Crippen molar-refractivity contribution in [2.24, 2.45) is 5.92 Å². The Labute approximate surface area is 127 Å². The maximum Gasteiger partial charge on any atom is 0.172 e. The van der Waals surface area contributed by atoms with Crippen LogP contribution in [0.2, 0.25) is 0 Å². The van der Waals surface area contributed by atoms with Crippen molar-refractivity contribution in [3.8, 4) is 0 Å². The van der Waals surface area contributed by atoms with Gasteiger partial charge >= 0.3 is 0 Å². The molecular formula is C16H27N3O2. The Morgan fingerprint density at radius 1 is 1.52 bits per heavy atom. The predicted molar refractivity (Wildman–Crippen MR) is 81.0 cm³/mol. The summed E-state index contributed by atoms with van der Waals surface area (Å²) in [6.45, 7) is 7.66. The van der Waals surface area contributed by atoms with Crippen LogP contribution in [0.15, 0.2) is 6.33 Å². The Bertz CT molecular complexity index is 468. The van der Waals surface area contributed by atoms with Crippen molar-refractivity contribution in [1.29, 1.82) is 0 Å². The molecule has 1 saturated carbocycles. The third-order valence-corrected chi connectivity index (χ3v) is 4.33. The van der Waals surface area contributed by atoms with E-state index in [-0.39, 0.29) is 5.78 Å². The standard InChI is InChI=1S/C16H27N3O2/c1-4-9-19-15(17-12-18-19)10-14(20)16(21-5-2)8-6-7-13(3)11-16/h12-13H,4-11H2,1-3H3. The van der Waals surface area contributed by atoms with Crippen molar-refractivity contribution < 1.29 is 9.53 Å². The van der Waals surface area contributed by atoms with Gasteiger partial charge in [-0.1, -0.05) is 20.3 Å². The van der Waals surface area contributed by atoms with Crippen LogP contribution in [0.25, 0.3) is 0 Å². The largest absolute Gasteiger partial charge is 0.367 e. The van der Waals surface area contributed by atoms with Gasteiger partial charge in [0.15, 0.2) is 5.78 Å². The molecule has 1 heterocycles. The number of Topliss-reactive ketones (excluding diaryl/α,β-unsaturated/α-hetero) is 1. The minimum atomic E-state index is -0.602. The second-order valence-electron chi connectivity index (χ2n) is 6.13. The smallest absolute Gasteiger partial charge is 0.172 e. The second kappa shape index (κ2) is 7.16. The van der Waals surface area contributed by atoms with Crippen LogP contribution in [0.3, 0.4) is 0 Å². The monoisotopic (exact) mass is 293 g/mol. The molecule has 0 N–H and O–H groups in total. The van der Waals surface area contributed by atoms with Gasteiger partial charge in [0.1, 0.15) is 17.8 Å². The van der Waals surface area contributed by atoms with Crippen molar-refractivity contribution in [3.05, 3.63) is 12.2 Å². The van der Waals surface area contributed by atoms with Crippen molar-refractivity contribution >= 4 is 5.78 Å². The summed E-state index contributed by atoms with van der Waals surface area (Å²) in [7, 11) is 0. The lowest BCUT2D eigenvalue weighted by atomic mass is 9.75. The first kappa shape index (κ1) is 16.1. The molecule has 0 saturated heterocycles. The fourth-order valence-electron chi connectivity index (χ4n) is 3.37. The number of nitrogens with zero attached hydrogens (tertiary/aromatic N) is 3. The number of aryl methyl sites for hydroxylation is 1. The Kier molecular flexibility index (Phi) is 5.51. The van der Waals surface area contributed by atoms with Crippen molar-refractivity contribution in [3.63, 3.8) is 0 Å². The minimum Gasteiger partial charge on any atom is -0.367 e. The summed E-state index contributed by atoms with van der Waals surface area (Å²) in [5, 5.41) is 4.20. The normalized spacial score (nSPS) is 26.0. The second-order valence-corrected chi connectivity index (χ2v) is 6.13. The van der Waals surface area contributed by atoms with Gasteiger partial charge < -0.3 is 4.74 Å². The highest BCUT2D eigenvalue weighted by Crippen LogP contribution is 2.36. The molecule has 0 aromatic carbocycles. The number of hydrogen-bond donors (Lipinski definition) is 0. The summed E-state index contributed by atoms with van der Waals surface area (Å²) in [6, 6.07) is 0. The number of carbonyl (C=O) groups excluding carboxylic acids is 1. The lowest BCUT2D eigenvalue weighted by Crippen LogP contribution is -2.46. The zero-order valence-corrected chi connectivity index (χ0v) is 13.5. The molecule has 1 aliphatic carbocycles. The number of hydrogen-bond acceptors (Lipinski definition) is 4. The molecule has 1 aromatic heterocycles. The fraction of sp³-hybridized carbons (Fsp3) is 0.812. The Hall–Kier alpha value is -1.23. The lowest BCUT2D eigenvalue weighted by Gasteiger charge is -2.38. The molecular weight excluding hydrogens is 266 g/mol. The van der Waals surface area contributed by atoms with Crippen LogP contribution in [-0.4, -0.2) is 32.8 Å². The highest BCUT2D eigenvalue weighted by molar-refractivity contribution is 5.88. The average Bonchev–Trinajstić information content (AvgIpc) is 2.87. The van der Waals surface area contributed by atoms with Gasteiger partial charge in [-0.2, -0.15) is 5.10 Å². The quantitative estimate of drug-likeness (QED) is 0.775. The molecule has 118 valence electrons. The van der Waals surface area contributed by atoms with Crippen LogP contribution in [0.1, 0.15) is 58.7 Å². The van der Waals surface area contributed by atoms with Crippen LogP contribution in [-0.2, 0) is 22.5 Å². The Balaban J connectivity index is 2.13. The molecule has 0 amide bonds. The van der Waals surface area contributed by atoms with E-state index >= 15 is 0 Å². The van der Waals surface area contributed by atoms with E-state index in [9.17, 15) is 4.79 Å². The van der Waals surface area contributed by atoms with Gasteiger partial charge in [-0.25, -0.2) is 9.67 Å². The molecule has 1 aromatic rings. The molecule has 2 rings (SSSR count).